The van der Waals surface area contributed by atoms with Crippen molar-refractivity contribution in [3.05, 3.63) is 78.2 Å². The van der Waals surface area contributed by atoms with Crippen molar-refractivity contribution >= 4 is 28.8 Å². The quantitative estimate of drug-likeness (QED) is 0.670. The number of hydrogen-bond donors (Lipinski definition) is 2. The monoisotopic (exact) mass is 376 g/mol. The van der Waals surface area contributed by atoms with Crippen LogP contribution in [-0.4, -0.2) is 24.0 Å². The smallest absolute Gasteiger partial charge is 0.256 e. The summed E-state index contributed by atoms with van der Waals surface area (Å²) >= 11 is 0. The highest BCUT2D eigenvalue weighted by Crippen LogP contribution is 2.24. The van der Waals surface area contributed by atoms with E-state index in [0.717, 1.165) is 24.5 Å². The molecule has 1 aromatic heterocycles. The molecule has 3 aromatic rings. The second-order valence-electron chi connectivity index (χ2n) is 6.76. The fourth-order valence-electron chi connectivity index (χ4n) is 3.26. The number of aromatic nitrogens is 1. The Kier molecular flexibility index (Phi) is 5.19. The lowest BCUT2D eigenvalue weighted by molar-refractivity contribution is 0.102. The molecule has 1 aliphatic heterocycles. The van der Waals surface area contributed by atoms with E-state index in [9.17, 15) is 9.18 Å². The van der Waals surface area contributed by atoms with Crippen molar-refractivity contribution in [1.82, 2.24) is 4.98 Å². The van der Waals surface area contributed by atoms with Gasteiger partial charge < -0.3 is 15.5 Å². The van der Waals surface area contributed by atoms with Crippen LogP contribution in [0.3, 0.4) is 0 Å². The third-order valence-corrected chi connectivity index (χ3v) is 4.72. The SMILES string of the molecule is O=C(Nc1ccc(Nc2ccc(N3CCCC3)cc2)cn1)c1cccc(F)c1. The maximum atomic E-state index is 13.2. The van der Waals surface area contributed by atoms with Crippen LogP contribution < -0.4 is 15.5 Å². The van der Waals surface area contributed by atoms with Crippen LogP contribution in [-0.2, 0) is 0 Å². The van der Waals surface area contributed by atoms with Crippen molar-refractivity contribution in [2.24, 2.45) is 0 Å². The van der Waals surface area contributed by atoms with Crippen molar-refractivity contribution in [3.8, 4) is 0 Å². The molecule has 1 amide bonds. The molecule has 0 saturated carbocycles. The Morgan fingerprint density at radius 2 is 1.71 bits per heavy atom. The first-order valence-electron chi connectivity index (χ1n) is 9.32. The number of rotatable bonds is 5. The Morgan fingerprint density at radius 3 is 2.39 bits per heavy atom. The van der Waals surface area contributed by atoms with Gasteiger partial charge in [0.2, 0.25) is 0 Å². The van der Waals surface area contributed by atoms with Gasteiger partial charge in [-0.3, -0.25) is 4.79 Å². The van der Waals surface area contributed by atoms with Gasteiger partial charge in [-0.1, -0.05) is 6.07 Å². The molecule has 2 heterocycles. The van der Waals surface area contributed by atoms with Crippen LogP contribution in [0, 0.1) is 5.82 Å². The molecule has 0 spiro atoms. The molecular formula is C22H21FN4O. The van der Waals surface area contributed by atoms with E-state index in [0.29, 0.717) is 5.82 Å². The lowest BCUT2D eigenvalue weighted by Gasteiger charge is -2.18. The minimum absolute atomic E-state index is 0.252. The topological polar surface area (TPSA) is 57.3 Å². The zero-order valence-corrected chi connectivity index (χ0v) is 15.4. The summed E-state index contributed by atoms with van der Waals surface area (Å²) in [5.74, 6) is -0.440. The number of carbonyl (C=O) groups excluding carboxylic acids is 1. The molecular weight excluding hydrogens is 355 g/mol. The van der Waals surface area contributed by atoms with Crippen LogP contribution in [0.5, 0.6) is 0 Å². The van der Waals surface area contributed by atoms with E-state index in [4.69, 9.17) is 0 Å². The highest BCUT2D eigenvalue weighted by molar-refractivity contribution is 6.03. The van der Waals surface area contributed by atoms with E-state index in [1.54, 1.807) is 18.3 Å². The highest BCUT2D eigenvalue weighted by atomic mass is 19.1. The molecule has 0 radical (unpaired) electrons. The summed E-state index contributed by atoms with van der Waals surface area (Å²) in [6.45, 7) is 2.25. The van der Waals surface area contributed by atoms with Gasteiger partial charge in [0.1, 0.15) is 11.6 Å². The molecule has 28 heavy (non-hydrogen) atoms. The van der Waals surface area contributed by atoms with Crippen LogP contribution in [0.15, 0.2) is 66.9 Å². The van der Waals surface area contributed by atoms with Crippen LogP contribution in [0.4, 0.5) is 27.3 Å². The fourth-order valence-corrected chi connectivity index (χ4v) is 3.26. The maximum absolute atomic E-state index is 13.2. The summed E-state index contributed by atoms with van der Waals surface area (Å²) < 4.78 is 13.2. The molecule has 2 N–H and O–H groups in total. The van der Waals surface area contributed by atoms with Gasteiger partial charge in [0, 0.05) is 30.0 Å². The Morgan fingerprint density at radius 1 is 0.964 bits per heavy atom. The van der Waals surface area contributed by atoms with Crippen LogP contribution in [0.25, 0.3) is 0 Å². The van der Waals surface area contributed by atoms with Crippen LogP contribution >= 0.6 is 0 Å². The van der Waals surface area contributed by atoms with Crippen molar-refractivity contribution in [2.75, 3.05) is 28.6 Å². The first kappa shape index (κ1) is 18.0. The fraction of sp³-hybridized carbons (Fsp3) is 0.182. The zero-order valence-electron chi connectivity index (χ0n) is 15.4. The van der Waals surface area contributed by atoms with Gasteiger partial charge in [-0.15, -0.1) is 0 Å². The van der Waals surface area contributed by atoms with Gasteiger partial charge in [0.15, 0.2) is 0 Å². The molecule has 0 aliphatic carbocycles. The van der Waals surface area contributed by atoms with Crippen molar-refractivity contribution in [3.63, 3.8) is 0 Å². The van der Waals surface area contributed by atoms with Crippen molar-refractivity contribution in [1.29, 1.82) is 0 Å². The first-order valence-corrected chi connectivity index (χ1v) is 9.32. The van der Waals surface area contributed by atoms with E-state index >= 15 is 0 Å². The average molecular weight is 376 g/mol. The second kappa shape index (κ2) is 8.08. The Balaban J connectivity index is 1.37. The zero-order chi connectivity index (χ0) is 19.3. The van der Waals surface area contributed by atoms with Crippen molar-refractivity contribution in [2.45, 2.75) is 12.8 Å². The van der Waals surface area contributed by atoms with E-state index in [2.05, 4.69) is 32.7 Å². The Labute approximate surface area is 163 Å². The number of nitrogens with zero attached hydrogens (tertiary/aromatic N) is 2. The number of benzene rings is 2. The molecule has 5 nitrogen and oxygen atoms in total. The number of pyridine rings is 1. The number of anilines is 4. The summed E-state index contributed by atoms with van der Waals surface area (Å²) in [5, 5.41) is 5.96. The minimum atomic E-state index is -0.448. The standard InChI is InChI=1S/C22H21FN4O/c23-17-5-3-4-16(14-17)22(28)26-21-11-8-19(15-24-21)25-18-6-9-20(10-7-18)27-12-1-2-13-27/h3-11,14-15,25H,1-2,12-13H2,(H,24,26,28). The number of nitrogens with one attached hydrogen (secondary N) is 2. The summed E-state index contributed by atoms with van der Waals surface area (Å²) in [7, 11) is 0. The number of hydrogen-bond acceptors (Lipinski definition) is 4. The Hall–Kier alpha value is -3.41. The molecule has 0 unspecified atom stereocenters. The molecule has 142 valence electrons. The molecule has 1 fully saturated rings. The Bertz CT molecular complexity index is 951. The maximum Gasteiger partial charge on any atom is 0.256 e. The third kappa shape index (κ3) is 4.28. The summed E-state index contributed by atoms with van der Waals surface area (Å²) in [5.41, 5.74) is 3.29. The molecule has 0 bridgehead atoms. The predicted molar refractivity (Wildman–Crippen MR) is 110 cm³/mol. The van der Waals surface area contributed by atoms with E-state index in [1.807, 2.05) is 18.2 Å². The predicted octanol–water partition coefficient (Wildman–Crippen LogP) is 4.82. The molecule has 1 saturated heterocycles. The average Bonchev–Trinajstić information content (AvgIpc) is 3.25. The third-order valence-electron chi connectivity index (χ3n) is 4.72. The molecule has 1 aliphatic rings. The van der Waals surface area contributed by atoms with Crippen LogP contribution in [0.2, 0.25) is 0 Å². The van der Waals surface area contributed by atoms with Gasteiger partial charge in [-0.25, -0.2) is 9.37 Å². The van der Waals surface area contributed by atoms with Gasteiger partial charge in [0.25, 0.3) is 5.91 Å². The normalized spacial score (nSPS) is 13.4. The second-order valence-corrected chi connectivity index (χ2v) is 6.76. The largest absolute Gasteiger partial charge is 0.372 e. The minimum Gasteiger partial charge on any atom is -0.372 e. The van der Waals surface area contributed by atoms with Gasteiger partial charge >= 0.3 is 0 Å². The van der Waals surface area contributed by atoms with E-state index in [-0.39, 0.29) is 5.56 Å². The number of carbonyl (C=O) groups is 1. The lowest BCUT2D eigenvalue weighted by atomic mass is 10.2. The molecule has 4 rings (SSSR count). The van der Waals surface area contributed by atoms with E-state index in [1.165, 1.54) is 36.7 Å². The molecule has 2 aromatic carbocycles. The number of amides is 1. The molecule has 0 atom stereocenters. The van der Waals surface area contributed by atoms with Gasteiger partial charge in [-0.05, 0) is 67.4 Å². The first-order chi connectivity index (χ1) is 13.7. The van der Waals surface area contributed by atoms with Crippen LogP contribution in [0.1, 0.15) is 23.2 Å². The summed E-state index contributed by atoms with van der Waals surface area (Å²) in [6.07, 6.45) is 4.16. The van der Waals surface area contributed by atoms with Gasteiger partial charge in [0.05, 0.1) is 11.9 Å². The highest BCUT2D eigenvalue weighted by Gasteiger charge is 2.12. The van der Waals surface area contributed by atoms with Gasteiger partial charge in [-0.2, -0.15) is 0 Å². The lowest BCUT2D eigenvalue weighted by Crippen LogP contribution is -2.17. The summed E-state index contributed by atoms with van der Waals surface area (Å²) in [6, 6.07) is 17.4. The van der Waals surface area contributed by atoms with Crippen molar-refractivity contribution < 1.29 is 9.18 Å². The number of halogens is 1. The summed E-state index contributed by atoms with van der Waals surface area (Å²) in [4.78, 5) is 18.8. The van der Waals surface area contributed by atoms with E-state index < -0.39 is 11.7 Å². The molecule has 6 heteroatoms.